The number of sulfonamides is 1. The van der Waals surface area contributed by atoms with Crippen LogP contribution in [-0.2, 0) is 26.2 Å². The number of hydrogen-bond acceptors (Lipinski definition) is 6. The lowest BCUT2D eigenvalue weighted by Gasteiger charge is -2.32. The van der Waals surface area contributed by atoms with Gasteiger partial charge in [-0.2, -0.15) is 0 Å². The zero-order valence-electron chi connectivity index (χ0n) is 22.9. The third-order valence-electron chi connectivity index (χ3n) is 6.39. The number of nitrogens with one attached hydrogen (secondary N) is 1. The number of carbonyl (C=O) groups excluding carboxylic acids is 2. The van der Waals surface area contributed by atoms with Gasteiger partial charge in [0.05, 0.1) is 24.8 Å². The van der Waals surface area contributed by atoms with Crippen molar-refractivity contribution in [3.63, 3.8) is 0 Å². The van der Waals surface area contributed by atoms with Gasteiger partial charge in [-0.15, -0.1) is 0 Å². The molecule has 0 saturated carbocycles. The first-order valence-electron chi connectivity index (χ1n) is 12.6. The van der Waals surface area contributed by atoms with Crippen LogP contribution in [0.3, 0.4) is 0 Å². The number of methoxy groups -OCH3 is 2. The van der Waals surface area contributed by atoms with Crippen LogP contribution in [0.4, 0.5) is 5.69 Å². The second kappa shape index (κ2) is 13.1. The van der Waals surface area contributed by atoms with Crippen molar-refractivity contribution >= 4 is 27.5 Å². The first-order valence-corrected chi connectivity index (χ1v) is 14.0. The van der Waals surface area contributed by atoms with Crippen LogP contribution in [0, 0.1) is 6.92 Å². The number of nitrogens with zero attached hydrogens (tertiary/aromatic N) is 2. The Kier molecular flexibility index (Phi) is 9.95. The van der Waals surface area contributed by atoms with Crippen molar-refractivity contribution in [2.45, 2.75) is 38.3 Å². The zero-order chi connectivity index (χ0) is 28.6. The van der Waals surface area contributed by atoms with Crippen LogP contribution < -0.4 is 19.1 Å². The average molecular weight is 554 g/mol. The molecule has 0 spiro atoms. The van der Waals surface area contributed by atoms with E-state index in [4.69, 9.17) is 9.47 Å². The maximum atomic E-state index is 14.0. The lowest BCUT2D eigenvalue weighted by molar-refractivity contribution is -0.139. The molecule has 0 aliphatic rings. The lowest BCUT2D eigenvalue weighted by atomic mass is 10.1. The molecule has 3 rings (SSSR count). The van der Waals surface area contributed by atoms with Gasteiger partial charge in [-0.3, -0.25) is 13.9 Å². The summed E-state index contributed by atoms with van der Waals surface area (Å²) in [6.45, 7) is 5.28. The number of rotatable bonds is 12. The fraction of sp³-hybridized carbons (Fsp3) is 0.310. The van der Waals surface area contributed by atoms with Crippen molar-refractivity contribution in [1.29, 1.82) is 0 Å². The number of anilines is 1. The van der Waals surface area contributed by atoms with Crippen molar-refractivity contribution in [3.05, 3.63) is 83.9 Å². The molecule has 0 radical (unpaired) electrons. The third kappa shape index (κ3) is 6.88. The van der Waals surface area contributed by atoms with Gasteiger partial charge in [0.2, 0.25) is 11.8 Å². The molecular formula is C29H35N3O6S. The molecule has 10 heteroatoms. The summed E-state index contributed by atoms with van der Waals surface area (Å²) in [5.41, 5.74) is 1.93. The standard InChI is InChI=1S/C29H35N3O6S/c1-6-30-29(34)22(3)31(19-23-13-11-10-12-21(23)2)28(33)20-32(39(35,36)25-14-8-7-9-15-25)26-18-24(37-4)16-17-27(26)38-5/h7-18,22H,6,19-20H2,1-5H3,(H,30,34). The molecule has 3 aromatic rings. The summed E-state index contributed by atoms with van der Waals surface area (Å²) in [5, 5.41) is 2.75. The van der Waals surface area contributed by atoms with E-state index in [-0.39, 0.29) is 28.8 Å². The summed E-state index contributed by atoms with van der Waals surface area (Å²) in [7, 11) is -1.35. The Morgan fingerprint density at radius 3 is 2.23 bits per heavy atom. The molecule has 9 nitrogen and oxygen atoms in total. The molecule has 3 aromatic carbocycles. The number of amides is 2. The molecule has 0 saturated heterocycles. The molecule has 0 aromatic heterocycles. The molecule has 0 heterocycles. The quantitative estimate of drug-likeness (QED) is 0.366. The van der Waals surface area contributed by atoms with E-state index in [9.17, 15) is 18.0 Å². The van der Waals surface area contributed by atoms with Gasteiger partial charge in [-0.05, 0) is 56.2 Å². The van der Waals surface area contributed by atoms with Gasteiger partial charge in [-0.25, -0.2) is 8.42 Å². The van der Waals surface area contributed by atoms with Crippen molar-refractivity contribution < 1.29 is 27.5 Å². The van der Waals surface area contributed by atoms with Gasteiger partial charge >= 0.3 is 0 Å². The van der Waals surface area contributed by atoms with Crippen LogP contribution in [0.15, 0.2) is 77.7 Å². The van der Waals surface area contributed by atoms with Gasteiger partial charge in [-0.1, -0.05) is 42.5 Å². The minimum Gasteiger partial charge on any atom is -0.497 e. The summed E-state index contributed by atoms with van der Waals surface area (Å²) in [4.78, 5) is 28.2. The van der Waals surface area contributed by atoms with Gasteiger partial charge < -0.3 is 19.7 Å². The molecule has 1 unspecified atom stereocenters. The largest absolute Gasteiger partial charge is 0.497 e. The Bertz CT molecular complexity index is 1400. The third-order valence-corrected chi connectivity index (χ3v) is 8.16. The number of carbonyl (C=O) groups is 2. The second-order valence-electron chi connectivity index (χ2n) is 8.88. The molecule has 1 N–H and O–H groups in total. The average Bonchev–Trinajstić information content (AvgIpc) is 2.95. The van der Waals surface area contributed by atoms with Gasteiger partial charge in [0.25, 0.3) is 10.0 Å². The number of ether oxygens (including phenoxy) is 2. The van der Waals surface area contributed by atoms with Crippen LogP contribution in [0.25, 0.3) is 0 Å². The molecule has 39 heavy (non-hydrogen) atoms. The van der Waals surface area contributed by atoms with E-state index in [1.807, 2.05) is 31.2 Å². The number of aryl methyl sites for hydroxylation is 1. The van der Waals surface area contributed by atoms with Crippen molar-refractivity contribution in [1.82, 2.24) is 10.2 Å². The normalized spacial score (nSPS) is 11.8. The highest BCUT2D eigenvalue weighted by Gasteiger charge is 2.34. The predicted molar refractivity (Wildman–Crippen MR) is 150 cm³/mol. The van der Waals surface area contributed by atoms with Crippen molar-refractivity contribution in [2.75, 3.05) is 31.6 Å². The van der Waals surface area contributed by atoms with Crippen LogP contribution in [-0.4, -0.2) is 58.5 Å². The molecule has 2 amide bonds. The molecule has 0 aliphatic heterocycles. The van der Waals surface area contributed by atoms with Gasteiger partial charge in [0.1, 0.15) is 24.1 Å². The van der Waals surface area contributed by atoms with Crippen molar-refractivity contribution in [2.24, 2.45) is 0 Å². The van der Waals surface area contributed by atoms with Gasteiger partial charge in [0, 0.05) is 19.2 Å². The highest BCUT2D eigenvalue weighted by molar-refractivity contribution is 7.92. The van der Waals surface area contributed by atoms with Crippen LogP contribution in [0.1, 0.15) is 25.0 Å². The lowest BCUT2D eigenvalue weighted by Crippen LogP contribution is -2.51. The first-order chi connectivity index (χ1) is 18.6. The van der Waals surface area contributed by atoms with E-state index in [2.05, 4.69) is 5.32 Å². The summed E-state index contributed by atoms with van der Waals surface area (Å²) in [5.74, 6) is -0.262. The topological polar surface area (TPSA) is 105 Å². The minimum atomic E-state index is -4.23. The summed E-state index contributed by atoms with van der Waals surface area (Å²) < 4.78 is 39.7. The van der Waals surface area contributed by atoms with Crippen LogP contribution in [0.2, 0.25) is 0 Å². The fourth-order valence-electron chi connectivity index (χ4n) is 4.10. The number of hydrogen-bond donors (Lipinski definition) is 1. The fourth-order valence-corrected chi connectivity index (χ4v) is 5.54. The Morgan fingerprint density at radius 1 is 0.949 bits per heavy atom. The molecular weight excluding hydrogens is 518 g/mol. The second-order valence-corrected chi connectivity index (χ2v) is 10.7. The molecule has 0 aliphatic carbocycles. The van der Waals surface area contributed by atoms with E-state index in [1.165, 1.54) is 37.3 Å². The van der Waals surface area contributed by atoms with E-state index in [0.717, 1.165) is 15.4 Å². The summed E-state index contributed by atoms with van der Waals surface area (Å²) in [6.07, 6.45) is 0. The van der Waals surface area contributed by atoms with Crippen molar-refractivity contribution in [3.8, 4) is 11.5 Å². The predicted octanol–water partition coefficient (Wildman–Crippen LogP) is 3.76. The Morgan fingerprint density at radius 2 is 1.62 bits per heavy atom. The van der Waals surface area contributed by atoms with Crippen LogP contribution in [0.5, 0.6) is 11.5 Å². The van der Waals surface area contributed by atoms with Crippen LogP contribution >= 0.6 is 0 Å². The maximum absolute atomic E-state index is 14.0. The number of benzene rings is 3. The monoisotopic (exact) mass is 553 g/mol. The summed E-state index contributed by atoms with van der Waals surface area (Å²) >= 11 is 0. The molecule has 1 atom stereocenters. The highest BCUT2D eigenvalue weighted by atomic mass is 32.2. The van der Waals surface area contributed by atoms with E-state index < -0.39 is 28.5 Å². The molecule has 208 valence electrons. The van der Waals surface area contributed by atoms with E-state index >= 15 is 0 Å². The smallest absolute Gasteiger partial charge is 0.264 e. The SMILES string of the molecule is CCNC(=O)C(C)N(Cc1ccccc1C)C(=O)CN(c1cc(OC)ccc1OC)S(=O)(=O)c1ccccc1. The maximum Gasteiger partial charge on any atom is 0.264 e. The number of likely N-dealkylation sites (N-methyl/N-ethyl adjacent to an activating group) is 1. The highest BCUT2D eigenvalue weighted by Crippen LogP contribution is 2.36. The zero-order valence-corrected chi connectivity index (χ0v) is 23.7. The molecule has 0 fully saturated rings. The Balaban J connectivity index is 2.12. The first kappa shape index (κ1) is 29.5. The molecule has 0 bridgehead atoms. The minimum absolute atomic E-state index is 0.00454. The van der Waals surface area contributed by atoms with E-state index in [0.29, 0.717) is 12.3 Å². The Labute approximate surface area is 230 Å². The summed E-state index contributed by atoms with van der Waals surface area (Å²) in [6, 6.07) is 19.3. The van der Waals surface area contributed by atoms with Gasteiger partial charge in [0.15, 0.2) is 0 Å². The Hall–Kier alpha value is -4.05. The van der Waals surface area contributed by atoms with E-state index in [1.54, 1.807) is 44.2 Å².